The van der Waals surface area contributed by atoms with Crippen LogP contribution in [0.1, 0.15) is 31.5 Å². The van der Waals surface area contributed by atoms with Gasteiger partial charge in [-0.1, -0.05) is 13.8 Å². The molecular formula is C11H20N4O. The molecule has 0 bridgehead atoms. The topological polar surface area (TPSA) is 83.8 Å². The van der Waals surface area contributed by atoms with Gasteiger partial charge >= 0.3 is 0 Å². The number of amides is 1. The van der Waals surface area contributed by atoms with E-state index < -0.39 is 0 Å². The highest BCUT2D eigenvalue weighted by Gasteiger charge is 2.15. The molecule has 1 amide bonds. The molecule has 5 nitrogen and oxygen atoms in total. The van der Waals surface area contributed by atoms with Crippen LogP contribution >= 0.6 is 0 Å². The molecule has 0 spiro atoms. The number of aryl methyl sites for hydroxylation is 1. The largest absolute Gasteiger partial charge is 0.327 e. The average molecular weight is 224 g/mol. The third kappa shape index (κ3) is 3.06. The van der Waals surface area contributed by atoms with E-state index in [-0.39, 0.29) is 11.9 Å². The first-order valence-electron chi connectivity index (χ1n) is 5.48. The summed E-state index contributed by atoms with van der Waals surface area (Å²) in [5.74, 6) is 0.807. The number of carbonyl (C=O) groups excluding carboxylic acids is 1. The van der Waals surface area contributed by atoms with E-state index >= 15 is 0 Å². The van der Waals surface area contributed by atoms with Crippen molar-refractivity contribution in [2.45, 2.75) is 40.2 Å². The zero-order valence-corrected chi connectivity index (χ0v) is 10.3. The van der Waals surface area contributed by atoms with Gasteiger partial charge in [0.2, 0.25) is 5.91 Å². The van der Waals surface area contributed by atoms with Gasteiger partial charge in [0.25, 0.3) is 0 Å². The van der Waals surface area contributed by atoms with E-state index in [1.54, 1.807) is 0 Å². The van der Waals surface area contributed by atoms with Crippen LogP contribution in [0.2, 0.25) is 0 Å². The molecule has 0 aliphatic rings. The SMILES string of the molecule is Cc1[nH]nc(NC(=O)CC(N)C(C)C)c1C. The molecule has 5 heteroatoms. The zero-order valence-electron chi connectivity index (χ0n) is 10.3. The lowest BCUT2D eigenvalue weighted by molar-refractivity contribution is -0.116. The summed E-state index contributed by atoms with van der Waals surface area (Å²) in [6, 6.07) is -0.111. The Morgan fingerprint density at radius 2 is 2.12 bits per heavy atom. The van der Waals surface area contributed by atoms with Crippen molar-refractivity contribution >= 4 is 11.7 Å². The Morgan fingerprint density at radius 1 is 1.50 bits per heavy atom. The summed E-state index contributed by atoms with van der Waals surface area (Å²) < 4.78 is 0. The Morgan fingerprint density at radius 3 is 2.56 bits per heavy atom. The summed E-state index contributed by atoms with van der Waals surface area (Å²) in [6.07, 6.45) is 0.322. The first-order valence-corrected chi connectivity index (χ1v) is 5.48. The van der Waals surface area contributed by atoms with Crippen molar-refractivity contribution in [2.24, 2.45) is 11.7 Å². The molecule has 0 saturated carbocycles. The molecule has 0 saturated heterocycles. The Kier molecular flexibility index (Phi) is 4.06. The van der Waals surface area contributed by atoms with Gasteiger partial charge in [0.15, 0.2) is 5.82 Å². The molecule has 0 aliphatic carbocycles. The van der Waals surface area contributed by atoms with Gasteiger partial charge in [-0.05, 0) is 19.8 Å². The van der Waals surface area contributed by atoms with Gasteiger partial charge in [-0.2, -0.15) is 5.10 Å². The van der Waals surface area contributed by atoms with Gasteiger partial charge in [-0.15, -0.1) is 0 Å². The number of anilines is 1. The van der Waals surface area contributed by atoms with Crippen LogP contribution in [0.3, 0.4) is 0 Å². The van der Waals surface area contributed by atoms with Crippen molar-refractivity contribution < 1.29 is 4.79 Å². The van der Waals surface area contributed by atoms with Crippen LogP contribution in [0.4, 0.5) is 5.82 Å². The van der Waals surface area contributed by atoms with Crippen molar-refractivity contribution in [3.05, 3.63) is 11.3 Å². The summed E-state index contributed by atoms with van der Waals surface area (Å²) >= 11 is 0. The Labute approximate surface area is 95.8 Å². The van der Waals surface area contributed by atoms with Crippen molar-refractivity contribution in [3.8, 4) is 0 Å². The van der Waals surface area contributed by atoms with Crippen LogP contribution < -0.4 is 11.1 Å². The molecule has 4 N–H and O–H groups in total. The smallest absolute Gasteiger partial charge is 0.227 e. The second kappa shape index (κ2) is 5.12. The van der Waals surface area contributed by atoms with E-state index in [0.29, 0.717) is 18.2 Å². The maximum Gasteiger partial charge on any atom is 0.227 e. The lowest BCUT2D eigenvalue weighted by atomic mass is 10.0. The van der Waals surface area contributed by atoms with Gasteiger partial charge in [0.1, 0.15) is 0 Å². The molecule has 0 aliphatic heterocycles. The Balaban J connectivity index is 2.55. The number of rotatable bonds is 4. The highest BCUT2D eigenvalue weighted by molar-refractivity contribution is 5.90. The summed E-state index contributed by atoms with van der Waals surface area (Å²) in [7, 11) is 0. The molecule has 0 fully saturated rings. The van der Waals surface area contributed by atoms with Crippen molar-refractivity contribution in [3.63, 3.8) is 0 Å². The number of aromatic amines is 1. The van der Waals surface area contributed by atoms with E-state index in [0.717, 1.165) is 11.3 Å². The Hall–Kier alpha value is -1.36. The summed E-state index contributed by atoms with van der Waals surface area (Å²) in [5, 5.41) is 9.59. The summed E-state index contributed by atoms with van der Waals surface area (Å²) in [4.78, 5) is 11.6. The molecule has 16 heavy (non-hydrogen) atoms. The predicted octanol–water partition coefficient (Wildman–Crippen LogP) is 1.34. The Bertz CT molecular complexity index is 370. The zero-order chi connectivity index (χ0) is 12.3. The molecule has 1 aromatic rings. The van der Waals surface area contributed by atoms with Crippen molar-refractivity contribution in [1.29, 1.82) is 0 Å². The van der Waals surface area contributed by atoms with Gasteiger partial charge in [-0.3, -0.25) is 9.89 Å². The fourth-order valence-corrected chi connectivity index (χ4v) is 1.24. The van der Waals surface area contributed by atoms with Gasteiger partial charge in [-0.25, -0.2) is 0 Å². The molecular weight excluding hydrogens is 204 g/mol. The van der Waals surface area contributed by atoms with Crippen LogP contribution in [0.15, 0.2) is 0 Å². The predicted molar refractivity (Wildman–Crippen MR) is 64.1 cm³/mol. The average Bonchev–Trinajstić information content (AvgIpc) is 2.49. The number of nitrogens with two attached hydrogens (primary N) is 1. The maximum atomic E-state index is 11.6. The van der Waals surface area contributed by atoms with Crippen LogP contribution in [0.5, 0.6) is 0 Å². The fraction of sp³-hybridized carbons (Fsp3) is 0.636. The van der Waals surface area contributed by atoms with E-state index in [1.165, 1.54) is 0 Å². The first kappa shape index (κ1) is 12.7. The number of nitrogens with one attached hydrogen (secondary N) is 2. The van der Waals surface area contributed by atoms with Gasteiger partial charge in [0.05, 0.1) is 0 Å². The maximum absolute atomic E-state index is 11.6. The minimum Gasteiger partial charge on any atom is -0.327 e. The number of aromatic nitrogens is 2. The number of H-pyrrole nitrogens is 1. The van der Waals surface area contributed by atoms with Crippen LogP contribution in [-0.2, 0) is 4.79 Å². The van der Waals surface area contributed by atoms with E-state index in [2.05, 4.69) is 15.5 Å². The number of nitrogens with zero attached hydrogens (tertiary/aromatic N) is 1. The minimum atomic E-state index is -0.111. The van der Waals surface area contributed by atoms with Crippen LogP contribution in [0, 0.1) is 19.8 Å². The third-order valence-electron chi connectivity index (χ3n) is 2.79. The van der Waals surface area contributed by atoms with Gasteiger partial charge < -0.3 is 11.1 Å². The summed E-state index contributed by atoms with van der Waals surface area (Å²) in [5.41, 5.74) is 7.75. The molecule has 1 heterocycles. The highest BCUT2D eigenvalue weighted by Crippen LogP contribution is 2.14. The third-order valence-corrected chi connectivity index (χ3v) is 2.79. The fourth-order valence-electron chi connectivity index (χ4n) is 1.24. The monoisotopic (exact) mass is 224 g/mol. The van der Waals surface area contributed by atoms with E-state index in [4.69, 9.17) is 5.73 Å². The normalized spacial score (nSPS) is 12.9. The standard InChI is InChI=1S/C11H20N4O/c1-6(2)9(12)5-10(16)13-11-7(3)8(4)14-15-11/h6,9H,5,12H2,1-4H3,(H2,13,14,15,16). The highest BCUT2D eigenvalue weighted by atomic mass is 16.1. The van der Waals surface area contributed by atoms with Crippen LogP contribution in [-0.4, -0.2) is 22.1 Å². The molecule has 1 atom stereocenters. The quantitative estimate of drug-likeness (QED) is 0.721. The summed E-state index contributed by atoms with van der Waals surface area (Å²) in [6.45, 7) is 7.83. The first-order chi connectivity index (χ1) is 7.41. The van der Waals surface area contributed by atoms with Crippen LogP contribution in [0.25, 0.3) is 0 Å². The lowest BCUT2D eigenvalue weighted by Gasteiger charge is -2.14. The second-order valence-electron chi connectivity index (χ2n) is 4.48. The second-order valence-corrected chi connectivity index (χ2v) is 4.48. The number of carbonyl (C=O) groups is 1. The number of hydrogen-bond donors (Lipinski definition) is 3. The van der Waals surface area contributed by atoms with Crippen molar-refractivity contribution in [1.82, 2.24) is 10.2 Å². The molecule has 0 radical (unpaired) electrons. The molecule has 0 aromatic carbocycles. The van der Waals surface area contributed by atoms with Crippen molar-refractivity contribution in [2.75, 3.05) is 5.32 Å². The lowest BCUT2D eigenvalue weighted by Crippen LogP contribution is -2.31. The van der Waals surface area contributed by atoms with E-state index in [1.807, 2.05) is 27.7 Å². The molecule has 1 aromatic heterocycles. The van der Waals surface area contributed by atoms with Gasteiger partial charge in [0, 0.05) is 23.7 Å². The minimum absolute atomic E-state index is 0.0872. The number of hydrogen-bond acceptors (Lipinski definition) is 3. The molecule has 1 rings (SSSR count). The molecule has 1 unspecified atom stereocenters. The van der Waals surface area contributed by atoms with E-state index in [9.17, 15) is 4.79 Å². The molecule has 90 valence electrons.